The Morgan fingerprint density at radius 1 is 1.33 bits per heavy atom. The summed E-state index contributed by atoms with van der Waals surface area (Å²) in [5.41, 5.74) is 5.44. The second kappa shape index (κ2) is 10.4. The van der Waals surface area contributed by atoms with E-state index in [9.17, 15) is 0 Å². The molecule has 1 aliphatic rings. The van der Waals surface area contributed by atoms with E-state index in [2.05, 4.69) is 32.7 Å². The lowest BCUT2D eigenvalue weighted by atomic mass is 10.1. The Kier molecular flexibility index (Phi) is 12.0. The Labute approximate surface area is 96.0 Å². The van der Waals surface area contributed by atoms with Crippen molar-refractivity contribution >= 4 is 0 Å². The molecule has 1 rings (SSSR count). The van der Waals surface area contributed by atoms with Gasteiger partial charge in [-0.1, -0.05) is 34.1 Å². The number of nitrogens with zero attached hydrogens (tertiary/aromatic N) is 1. The van der Waals surface area contributed by atoms with E-state index in [0.29, 0.717) is 6.54 Å². The van der Waals surface area contributed by atoms with Crippen LogP contribution in [0.3, 0.4) is 0 Å². The Balaban J connectivity index is 0. The molecule has 1 heterocycles. The predicted octanol–water partition coefficient (Wildman–Crippen LogP) is 2.11. The summed E-state index contributed by atoms with van der Waals surface area (Å²) < 4.78 is 5.52. The minimum absolute atomic E-state index is 0.104. The summed E-state index contributed by atoms with van der Waals surface area (Å²) in [6, 6.07) is 0. The second-order valence-corrected chi connectivity index (χ2v) is 3.95. The van der Waals surface area contributed by atoms with E-state index in [1.54, 1.807) is 0 Å². The van der Waals surface area contributed by atoms with Gasteiger partial charge in [-0.25, -0.2) is 0 Å². The molecule has 1 fully saturated rings. The molecule has 0 aromatic heterocycles. The molecule has 15 heavy (non-hydrogen) atoms. The van der Waals surface area contributed by atoms with Crippen LogP contribution in [0.25, 0.3) is 0 Å². The van der Waals surface area contributed by atoms with Gasteiger partial charge in [-0.15, -0.1) is 0 Å². The van der Waals surface area contributed by atoms with Crippen LogP contribution in [0.4, 0.5) is 0 Å². The van der Waals surface area contributed by atoms with Gasteiger partial charge in [0.1, 0.15) is 0 Å². The van der Waals surface area contributed by atoms with E-state index in [1.165, 1.54) is 6.42 Å². The number of likely N-dealkylation sites (N-methyl/N-ethyl adjacent to an activating group) is 1. The Hall–Kier alpha value is -0.120. The van der Waals surface area contributed by atoms with Crippen molar-refractivity contribution in [2.75, 3.05) is 33.3 Å². The molecular formula is C12H30N2O. The zero-order chi connectivity index (χ0) is 12.3. The fraction of sp³-hybridized carbons (Fsp3) is 1.00. The van der Waals surface area contributed by atoms with Gasteiger partial charge >= 0.3 is 0 Å². The molecule has 1 saturated heterocycles. The van der Waals surface area contributed by atoms with Crippen molar-refractivity contribution in [1.29, 1.82) is 0 Å². The maximum atomic E-state index is 5.55. The highest BCUT2D eigenvalue weighted by molar-refractivity contribution is 4.82. The summed E-state index contributed by atoms with van der Waals surface area (Å²) in [7, 11) is 2.09. The molecule has 0 aliphatic carbocycles. The highest BCUT2D eigenvalue weighted by Gasteiger charge is 2.28. The molecular weight excluding hydrogens is 188 g/mol. The molecule has 0 radical (unpaired) electrons. The summed E-state index contributed by atoms with van der Waals surface area (Å²) >= 11 is 0. The highest BCUT2D eigenvalue weighted by Crippen LogP contribution is 2.13. The van der Waals surface area contributed by atoms with Gasteiger partial charge in [0.2, 0.25) is 0 Å². The molecule has 3 heteroatoms. The van der Waals surface area contributed by atoms with Gasteiger partial charge < -0.3 is 15.4 Å². The van der Waals surface area contributed by atoms with Crippen molar-refractivity contribution in [1.82, 2.24) is 4.90 Å². The van der Waals surface area contributed by atoms with Crippen molar-refractivity contribution in [3.8, 4) is 0 Å². The molecule has 0 saturated carbocycles. The quantitative estimate of drug-likeness (QED) is 0.732. The third-order valence-electron chi connectivity index (χ3n) is 1.96. The van der Waals surface area contributed by atoms with Gasteiger partial charge in [-0.05, 0) is 14.0 Å². The average molecular weight is 218 g/mol. The van der Waals surface area contributed by atoms with Crippen LogP contribution in [0, 0.1) is 0 Å². The van der Waals surface area contributed by atoms with Crippen LogP contribution in [0.15, 0.2) is 0 Å². The van der Waals surface area contributed by atoms with E-state index < -0.39 is 0 Å². The first kappa shape index (κ1) is 17.3. The van der Waals surface area contributed by atoms with Gasteiger partial charge in [0.05, 0.1) is 12.2 Å². The first-order chi connectivity index (χ1) is 7.08. The first-order valence-corrected chi connectivity index (χ1v) is 6.10. The fourth-order valence-electron chi connectivity index (χ4n) is 1.27. The average Bonchev–Trinajstić information content (AvgIpc) is 2.22. The number of morpholine rings is 1. The maximum absolute atomic E-state index is 5.55. The van der Waals surface area contributed by atoms with E-state index in [1.807, 2.05) is 13.8 Å². The lowest BCUT2D eigenvalue weighted by Gasteiger charge is -2.37. The lowest BCUT2D eigenvalue weighted by Crippen LogP contribution is -2.52. The van der Waals surface area contributed by atoms with E-state index in [4.69, 9.17) is 10.5 Å². The number of hydrogen-bond acceptors (Lipinski definition) is 3. The molecule has 3 nitrogen and oxygen atoms in total. The van der Waals surface area contributed by atoms with Crippen molar-refractivity contribution in [3.05, 3.63) is 0 Å². The normalized spacial score (nSPS) is 25.8. The summed E-state index contributed by atoms with van der Waals surface area (Å²) in [5.74, 6) is 0. The third kappa shape index (κ3) is 8.85. The molecule has 0 bridgehead atoms. The Morgan fingerprint density at radius 2 is 1.80 bits per heavy atom. The highest BCUT2D eigenvalue weighted by atomic mass is 16.5. The van der Waals surface area contributed by atoms with E-state index in [0.717, 1.165) is 19.7 Å². The summed E-state index contributed by atoms with van der Waals surface area (Å²) in [6.07, 6.45) is 1.25. The van der Waals surface area contributed by atoms with Crippen molar-refractivity contribution in [3.63, 3.8) is 0 Å². The van der Waals surface area contributed by atoms with Crippen LogP contribution in [-0.2, 0) is 4.74 Å². The second-order valence-electron chi connectivity index (χ2n) is 3.95. The molecule has 2 N–H and O–H groups in total. The van der Waals surface area contributed by atoms with Crippen LogP contribution >= 0.6 is 0 Å². The van der Waals surface area contributed by atoms with E-state index in [-0.39, 0.29) is 5.60 Å². The lowest BCUT2D eigenvalue weighted by molar-refractivity contribution is -0.0847. The van der Waals surface area contributed by atoms with Gasteiger partial charge in [-0.2, -0.15) is 0 Å². The third-order valence-corrected chi connectivity index (χ3v) is 1.96. The number of rotatable bonds is 1. The Morgan fingerprint density at radius 3 is 2.07 bits per heavy atom. The molecule has 1 unspecified atom stereocenters. The molecule has 1 atom stereocenters. The maximum Gasteiger partial charge on any atom is 0.0902 e. The Bertz CT molecular complexity index is 131. The molecule has 0 spiro atoms. The molecule has 0 aromatic rings. The van der Waals surface area contributed by atoms with Crippen molar-refractivity contribution in [2.45, 2.75) is 46.6 Å². The molecule has 0 aromatic carbocycles. The monoisotopic (exact) mass is 218 g/mol. The van der Waals surface area contributed by atoms with Crippen LogP contribution in [0.5, 0.6) is 0 Å². The minimum Gasteiger partial charge on any atom is -0.371 e. The zero-order valence-corrected chi connectivity index (χ0v) is 11.5. The molecule has 94 valence electrons. The van der Waals surface area contributed by atoms with Gasteiger partial charge in [0.25, 0.3) is 0 Å². The van der Waals surface area contributed by atoms with E-state index >= 15 is 0 Å². The summed E-state index contributed by atoms with van der Waals surface area (Å²) in [5, 5.41) is 0. The number of nitrogens with two attached hydrogens (primary N) is 1. The topological polar surface area (TPSA) is 38.5 Å². The smallest absolute Gasteiger partial charge is 0.0902 e. The summed E-state index contributed by atoms with van der Waals surface area (Å²) in [4.78, 5) is 2.25. The van der Waals surface area contributed by atoms with Gasteiger partial charge in [0.15, 0.2) is 0 Å². The SMILES string of the molecule is CC.CCC.CN1CCOC(C)(CN)C1. The molecule has 1 aliphatic heterocycles. The standard InChI is InChI=1S/C7H16N2O.C3H8.C2H6/c1-7(5-8)6-9(2)3-4-10-7;1-3-2;1-2/h3-6,8H2,1-2H3;3H2,1-2H3;1-2H3. The van der Waals surface area contributed by atoms with Crippen molar-refractivity contribution < 1.29 is 4.74 Å². The molecule has 0 amide bonds. The number of hydrogen-bond donors (Lipinski definition) is 1. The predicted molar refractivity (Wildman–Crippen MR) is 68.2 cm³/mol. The van der Waals surface area contributed by atoms with Gasteiger partial charge in [0, 0.05) is 19.6 Å². The van der Waals surface area contributed by atoms with Crippen LogP contribution in [-0.4, -0.2) is 43.8 Å². The van der Waals surface area contributed by atoms with Gasteiger partial charge in [-0.3, -0.25) is 0 Å². The summed E-state index contributed by atoms with van der Waals surface area (Å²) in [6.45, 7) is 13.7. The number of ether oxygens (including phenoxy) is 1. The fourth-order valence-corrected chi connectivity index (χ4v) is 1.27. The zero-order valence-electron chi connectivity index (χ0n) is 11.5. The van der Waals surface area contributed by atoms with Crippen molar-refractivity contribution in [2.24, 2.45) is 5.73 Å². The largest absolute Gasteiger partial charge is 0.371 e. The van der Waals surface area contributed by atoms with Crippen LogP contribution in [0.1, 0.15) is 41.0 Å². The van der Waals surface area contributed by atoms with Crippen LogP contribution < -0.4 is 5.73 Å². The van der Waals surface area contributed by atoms with Crippen LogP contribution in [0.2, 0.25) is 0 Å². The first-order valence-electron chi connectivity index (χ1n) is 6.10. The minimum atomic E-state index is -0.104.